The quantitative estimate of drug-likeness (QED) is 0.496. The lowest BCUT2D eigenvalue weighted by Crippen LogP contribution is -1.66. The van der Waals surface area contributed by atoms with Crippen molar-refractivity contribution in [3.8, 4) is 0 Å². The lowest BCUT2D eigenvalue weighted by molar-refractivity contribution is 0.524. The molecule has 0 amide bonds. The Labute approximate surface area is 58.6 Å². The van der Waals surface area contributed by atoms with Gasteiger partial charge in [0.1, 0.15) is 0 Å². The zero-order valence-electron chi connectivity index (χ0n) is 6.13. The summed E-state index contributed by atoms with van der Waals surface area (Å²) >= 11 is 0. The van der Waals surface area contributed by atoms with Gasteiger partial charge in [-0.25, -0.2) is 4.57 Å². The fraction of sp³-hybridized carbons (Fsp3) is 1.00. The predicted octanol–water partition coefficient (Wildman–Crippen LogP) is 2.77. The van der Waals surface area contributed by atoms with E-state index >= 15 is 0 Å². The molecule has 0 aliphatic heterocycles. The molecule has 2 nitrogen and oxygen atoms in total. The zero-order chi connectivity index (χ0) is 7.54. The largest absolute Gasteiger partial charge is 0.324 e. The minimum Gasteiger partial charge on any atom is -0.310 e. The minimum absolute atomic E-state index is 0.833. The van der Waals surface area contributed by atoms with Crippen molar-refractivity contribution in [3.05, 3.63) is 0 Å². The molecule has 0 heterocycles. The fourth-order valence-electron chi connectivity index (χ4n) is 0.500. The van der Waals surface area contributed by atoms with Crippen molar-refractivity contribution in [2.45, 2.75) is 39.5 Å². The van der Waals surface area contributed by atoms with Gasteiger partial charge in [-0.1, -0.05) is 39.5 Å². The van der Waals surface area contributed by atoms with Crippen molar-refractivity contribution in [2.75, 3.05) is 0 Å². The molecule has 0 aliphatic carbocycles. The highest BCUT2D eigenvalue weighted by molar-refractivity contribution is 7.16. The number of rotatable bonds is 3. The lowest BCUT2D eigenvalue weighted by atomic mass is 10.2. The summed E-state index contributed by atoms with van der Waals surface area (Å²) in [6.07, 6.45) is 5.54. The monoisotopic (exact) mass is 150 g/mol. The summed E-state index contributed by atoms with van der Waals surface area (Å²) < 4.78 is 8.46. The van der Waals surface area contributed by atoms with Crippen molar-refractivity contribution >= 4 is 8.69 Å². The van der Waals surface area contributed by atoms with Crippen molar-refractivity contribution < 1.29 is 9.46 Å². The van der Waals surface area contributed by atoms with Crippen LogP contribution in [0.15, 0.2) is 0 Å². The summed E-state index contributed by atoms with van der Waals surface area (Å²) in [6, 6.07) is 0. The first-order chi connectivity index (χ1) is 4.33. The van der Waals surface area contributed by atoms with Crippen LogP contribution in [0.4, 0.5) is 0 Å². The third-order valence-electron chi connectivity index (χ3n) is 0.957. The molecule has 0 unspecified atom stereocenters. The van der Waals surface area contributed by atoms with E-state index in [0.717, 1.165) is 0 Å². The Hall–Kier alpha value is 0.0600. The van der Waals surface area contributed by atoms with Crippen LogP contribution >= 0.6 is 8.69 Å². The summed E-state index contributed by atoms with van der Waals surface area (Å²) in [4.78, 5) is 6.99. The SMILES string of the molecule is CCCCCC.O=PO. The molecule has 3 heteroatoms. The van der Waals surface area contributed by atoms with Gasteiger partial charge in [0, 0.05) is 0 Å². The van der Waals surface area contributed by atoms with E-state index in [-0.39, 0.29) is 0 Å². The van der Waals surface area contributed by atoms with Crippen molar-refractivity contribution in [1.29, 1.82) is 0 Å². The van der Waals surface area contributed by atoms with Gasteiger partial charge in [-0.05, 0) is 0 Å². The lowest BCUT2D eigenvalue weighted by Gasteiger charge is -1.86. The van der Waals surface area contributed by atoms with Crippen LogP contribution in [0.5, 0.6) is 0 Å². The molecule has 0 rings (SSSR count). The molecule has 56 valence electrons. The van der Waals surface area contributed by atoms with Gasteiger partial charge >= 0.3 is 8.69 Å². The van der Waals surface area contributed by atoms with Crippen molar-refractivity contribution in [1.82, 2.24) is 0 Å². The highest BCUT2D eigenvalue weighted by Gasteiger charge is 1.75. The molecule has 0 fully saturated rings. The normalized spacial score (nSPS) is 8.33. The summed E-state index contributed by atoms with van der Waals surface area (Å²) in [5, 5.41) is 0. The van der Waals surface area contributed by atoms with E-state index in [4.69, 9.17) is 9.46 Å². The van der Waals surface area contributed by atoms with E-state index in [0.29, 0.717) is 0 Å². The molecule has 0 radical (unpaired) electrons. The van der Waals surface area contributed by atoms with E-state index in [9.17, 15) is 0 Å². The van der Waals surface area contributed by atoms with E-state index in [1.165, 1.54) is 25.7 Å². The molecule has 0 spiro atoms. The highest BCUT2D eigenvalue weighted by Crippen LogP contribution is 1.95. The van der Waals surface area contributed by atoms with Gasteiger partial charge in [-0.2, -0.15) is 0 Å². The van der Waals surface area contributed by atoms with Crippen molar-refractivity contribution in [2.24, 2.45) is 0 Å². The second-order valence-electron chi connectivity index (χ2n) is 1.79. The molecule has 0 aromatic rings. The van der Waals surface area contributed by atoms with Crippen LogP contribution in [0.25, 0.3) is 0 Å². The zero-order valence-corrected chi connectivity index (χ0v) is 7.03. The molecule has 0 aromatic heterocycles. The third kappa shape index (κ3) is 31.6. The Morgan fingerprint density at radius 2 is 1.44 bits per heavy atom. The van der Waals surface area contributed by atoms with Crippen LogP contribution in [0, 0.1) is 0 Å². The Morgan fingerprint density at radius 1 is 1.22 bits per heavy atom. The van der Waals surface area contributed by atoms with Crippen LogP contribution in [-0.2, 0) is 4.57 Å². The molecule has 1 N–H and O–H groups in total. The van der Waals surface area contributed by atoms with Gasteiger partial charge in [0.2, 0.25) is 0 Å². The molecule has 0 bridgehead atoms. The fourth-order valence-corrected chi connectivity index (χ4v) is 0.500. The van der Waals surface area contributed by atoms with Gasteiger partial charge in [0.25, 0.3) is 0 Å². The third-order valence-corrected chi connectivity index (χ3v) is 0.957. The van der Waals surface area contributed by atoms with E-state index < -0.39 is 8.69 Å². The molecule has 0 aromatic carbocycles. The molecule has 0 saturated carbocycles. The topological polar surface area (TPSA) is 37.3 Å². The average Bonchev–Trinajstić information content (AvgIpc) is 1.86. The second kappa shape index (κ2) is 15.7. The smallest absolute Gasteiger partial charge is 0.310 e. The Balaban J connectivity index is 0. The molecule has 0 aliphatic rings. The predicted molar refractivity (Wildman–Crippen MR) is 39.6 cm³/mol. The highest BCUT2D eigenvalue weighted by atomic mass is 31.1. The van der Waals surface area contributed by atoms with Crippen LogP contribution in [0.3, 0.4) is 0 Å². The number of hydrogen-bond acceptors (Lipinski definition) is 1. The Morgan fingerprint density at radius 3 is 1.56 bits per heavy atom. The number of hydrogen-bond donors (Lipinski definition) is 1. The first-order valence-corrected chi connectivity index (χ1v) is 4.06. The van der Waals surface area contributed by atoms with Crippen LogP contribution < -0.4 is 0 Å². The van der Waals surface area contributed by atoms with Crippen LogP contribution in [0.1, 0.15) is 39.5 Å². The minimum atomic E-state index is -0.833. The van der Waals surface area contributed by atoms with Crippen LogP contribution in [-0.4, -0.2) is 4.89 Å². The second-order valence-corrected chi connectivity index (χ2v) is 1.95. The number of unbranched alkanes of at least 4 members (excludes halogenated alkanes) is 3. The summed E-state index contributed by atoms with van der Waals surface area (Å²) in [6.45, 7) is 4.46. The summed E-state index contributed by atoms with van der Waals surface area (Å²) in [5.41, 5.74) is 0. The first-order valence-electron chi connectivity index (χ1n) is 3.30. The molecular formula is C6H15O2P. The average molecular weight is 150 g/mol. The maximum Gasteiger partial charge on any atom is 0.324 e. The molecule has 9 heavy (non-hydrogen) atoms. The summed E-state index contributed by atoms with van der Waals surface area (Å²) in [5.74, 6) is 0. The molecular weight excluding hydrogens is 135 g/mol. The Bertz CT molecular complexity index is 44.3. The van der Waals surface area contributed by atoms with E-state index in [1.54, 1.807) is 0 Å². The maximum absolute atomic E-state index is 8.46. The maximum atomic E-state index is 8.46. The van der Waals surface area contributed by atoms with Crippen molar-refractivity contribution in [3.63, 3.8) is 0 Å². The Kier molecular flexibility index (Phi) is 20.6. The standard InChI is InChI=1S/C6H14.HO2P/c1-3-5-6-4-2;1-3-2/h3-6H2,1-2H3;(H,1,2). The van der Waals surface area contributed by atoms with Gasteiger partial charge in [0.15, 0.2) is 0 Å². The van der Waals surface area contributed by atoms with Gasteiger partial charge in [-0.15, -0.1) is 0 Å². The van der Waals surface area contributed by atoms with E-state index in [2.05, 4.69) is 13.8 Å². The van der Waals surface area contributed by atoms with Gasteiger partial charge in [0.05, 0.1) is 0 Å². The van der Waals surface area contributed by atoms with Gasteiger partial charge in [-0.3, -0.25) is 0 Å². The summed E-state index contributed by atoms with van der Waals surface area (Å²) in [7, 11) is -0.833. The van der Waals surface area contributed by atoms with Crippen LogP contribution in [0.2, 0.25) is 0 Å². The molecule has 0 atom stereocenters. The molecule has 0 saturated heterocycles. The van der Waals surface area contributed by atoms with E-state index in [1.807, 2.05) is 0 Å². The first kappa shape index (κ1) is 11.8. The van der Waals surface area contributed by atoms with Gasteiger partial charge < -0.3 is 4.89 Å².